The van der Waals surface area contributed by atoms with Gasteiger partial charge in [0, 0.05) is 47.9 Å². The lowest BCUT2D eigenvalue weighted by molar-refractivity contribution is 0.0933. The van der Waals surface area contributed by atoms with E-state index in [-0.39, 0.29) is 17.4 Å². The van der Waals surface area contributed by atoms with Crippen molar-refractivity contribution < 1.29 is 4.79 Å². The zero-order chi connectivity index (χ0) is 23.0. The minimum absolute atomic E-state index is 0.0209. The number of nitrogens with zero attached hydrogens (tertiary/aromatic N) is 2. The highest BCUT2D eigenvalue weighted by Crippen LogP contribution is 2.35. The summed E-state index contributed by atoms with van der Waals surface area (Å²) in [5.74, 6) is 0.0131. The van der Waals surface area contributed by atoms with Crippen molar-refractivity contribution in [2.75, 3.05) is 13.1 Å². The zero-order valence-corrected chi connectivity index (χ0v) is 20.6. The minimum atomic E-state index is -1.85. The van der Waals surface area contributed by atoms with E-state index in [1.165, 1.54) is 0 Å². The quantitative estimate of drug-likeness (QED) is 0.355. The molecule has 0 aliphatic carbocycles. The van der Waals surface area contributed by atoms with E-state index in [9.17, 15) is 9.59 Å². The monoisotopic (exact) mass is 532 g/mol. The SMILES string of the molecule is O=C(N[C@@H](NC(=S)N1C[C@@H]2C[C@@H](C1)c1cccc(=O)n1C2)C(Cl)(Cl)Cl)c1ccc(Cl)cc1. The molecular formula is C21H20Cl4N4O2S. The molecule has 2 aliphatic heterocycles. The van der Waals surface area contributed by atoms with Gasteiger partial charge in [-0.2, -0.15) is 0 Å². The molecule has 6 nitrogen and oxygen atoms in total. The number of amides is 1. The number of likely N-dealkylation sites (tertiary alicyclic amines) is 1. The highest BCUT2D eigenvalue weighted by molar-refractivity contribution is 7.80. The van der Waals surface area contributed by atoms with E-state index in [0.717, 1.165) is 12.1 Å². The molecule has 3 heterocycles. The molecule has 0 saturated carbocycles. The molecule has 170 valence electrons. The molecule has 4 rings (SSSR count). The van der Waals surface area contributed by atoms with Gasteiger partial charge >= 0.3 is 0 Å². The van der Waals surface area contributed by atoms with Crippen molar-refractivity contribution in [2.24, 2.45) is 5.92 Å². The third-order valence-corrected chi connectivity index (χ3v) is 7.03. The largest absolute Gasteiger partial charge is 0.348 e. The van der Waals surface area contributed by atoms with Gasteiger partial charge in [0.25, 0.3) is 11.5 Å². The lowest BCUT2D eigenvalue weighted by Gasteiger charge is -2.44. The first-order chi connectivity index (χ1) is 15.1. The summed E-state index contributed by atoms with van der Waals surface area (Å²) < 4.78 is 0.000814. The number of fused-ring (bicyclic) bond motifs is 4. The van der Waals surface area contributed by atoms with Crippen molar-refractivity contribution in [3.8, 4) is 0 Å². The van der Waals surface area contributed by atoms with Crippen LogP contribution in [0.25, 0.3) is 0 Å². The molecule has 1 amide bonds. The van der Waals surface area contributed by atoms with Crippen LogP contribution in [0.5, 0.6) is 0 Å². The molecule has 1 saturated heterocycles. The van der Waals surface area contributed by atoms with Crippen LogP contribution < -0.4 is 16.2 Å². The Labute approximate surface area is 210 Å². The van der Waals surface area contributed by atoms with E-state index in [1.54, 1.807) is 36.4 Å². The molecule has 2 bridgehead atoms. The van der Waals surface area contributed by atoms with Gasteiger partial charge in [0.15, 0.2) is 5.11 Å². The topological polar surface area (TPSA) is 66.4 Å². The van der Waals surface area contributed by atoms with Gasteiger partial charge in [0.1, 0.15) is 6.17 Å². The van der Waals surface area contributed by atoms with Crippen molar-refractivity contribution in [1.82, 2.24) is 20.1 Å². The van der Waals surface area contributed by atoms with Crippen LogP contribution in [0.15, 0.2) is 47.3 Å². The Kier molecular flexibility index (Phi) is 6.94. The molecule has 0 unspecified atom stereocenters. The van der Waals surface area contributed by atoms with Crippen molar-refractivity contribution >= 4 is 69.6 Å². The fraction of sp³-hybridized carbons (Fsp3) is 0.381. The first-order valence-electron chi connectivity index (χ1n) is 10.00. The molecule has 2 N–H and O–H groups in total. The van der Waals surface area contributed by atoms with E-state index < -0.39 is 15.9 Å². The summed E-state index contributed by atoms with van der Waals surface area (Å²) in [6, 6.07) is 11.7. The fourth-order valence-electron chi connectivity index (χ4n) is 4.29. The molecule has 0 radical (unpaired) electrons. The molecule has 2 aromatic rings. The number of carbonyl (C=O) groups excluding carboxylic acids is 1. The Hall–Kier alpha value is -1.51. The van der Waals surface area contributed by atoms with Crippen LogP contribution >= 0.6 is 58.6 Å². The Balaban J connectivity index is 1.47. The normalized spacial score (nSPS) is 20.8. The second-order valence-corrected chi connectivity index (χ2v) is 11.2. The number of halogens is 4. The Morgan fingerprint density at radius 1 is 1.06 bits per heavy atom. The van der Waals surface area contributed by atoms with Crippen molar-refractivity contribution in [3.63, 3.8) is 0 Å². The van der Waals surface area contributed by atoms with Gasteiger partial charge in [-0.25, -0.2) is 0 Å². The number of hydrogen-bond donors (Lipinski definition) is 2. The molecule has 1 aromatic carbocycles. The second-order valence-electron chi connectivity index (χ2n) is 8.01. The molecule has 1 aromatic heterocycles. The summed E-state index contributed by atoms with van der Waals surface area (Å²) in [7, 11) is 0. The van der Waals surface area contributed by atoms with Gasteiger partial charge in [-0.15, -0.1) is 0 Å². The lowest BCUT2D eigenvalue weighted by Crippen LogP contribution is -2.60. The van der Waals surface area contributed by atoms with E-state index in [1.807, 2.05) is 15.5 Å². The van der Waals surface area contributed by atoms with Crippen LogP contribution in [0.4, 0.5) is 0 Å². The summed E-state index contributed by atoms with van der Waals surface area (Å²) in [4.78, 5) is 26.9. The highest BCUT2D eigenvalue weighted by atomic mass is 35.6. The number of aromatic nitrogens is 1. The van der Waals surface area contributed by atoms with E-state index in [2.05, 4.69) is 10.6 Å². The lowest BCUT2D eigenvalue weighted by atomic mass is 9.83. The maximum absolute atomic E-state index is 12.6. The summed E-state index contributed by atoms with van der Waals surface area (Å²) in [6.45, 7) is 1.94. The molecule has 2 aliphatic rings. The third kappa shape index (κ3) is 5.18. The number of piperidine rings is 1. The molecule has 1 fully saturated rings. The third-order valence-electron chi connectivity index (χ3n) is 5.74. The maximum atomic E-state index is 12.6. The average molecular weight is 534 g/mol. The van der Waals surface area contributed by atoms with Crippen LogP contribution in [-0.2, 0) is 6.54 Å². The summed E-state index contributed by atoms with van der Waals surface area (Å²) in [6.07, 6.45) is -0.0659. The molecule has 32 heavy (non-hydrogen) atoms. The summed E-state index contributed by atoms with van der Waals surface area (Å²) in [5, 5.41) is 6.57. The Morgan fingerprint density at radius 3 is 2.47 bits per heavy atom. The number of benzene rings is 1. The molecule has 3 atom stereocenters. The smallest absolute Gasteiger partial charge is 0.252 e. The van der Waals surface area contributed by atoms with Crippen LogP contribution in [0, 0.1) is 5.92 Å². The number of thiocarbonyl (C=S) groups is 1. The van der Waals surface area contributed by atoms with Crippen LogP contribution in [0.1, 0.15) is 28.4 Å². The Morgan fingerprint density at radius 2 is 1.78 bits per heavy atom. The summed E-state index contributed by atoms with van der Waals surface area (Å²) >= 11 is 29.9. The number of alkyl halides is 3. The first kappa shape index (κ1) is 23.6. The Bertz CT molecular complexity index is 1090. The standard InChI is InChI=1S/C21H20Cl4N4O2S/c22-15-6-4-13(5-7-15)18(31)26-19(21(23,24)25)27-20(32)28-9-12-8-14(11-28)16-2-1-3-17(30)29(16)10-12/h1-7,12,14,19H,8-11H2,(H,26,31)(H,27,32)/t12-,14-,19-/m0/s1. The second kappa shape index (κ2) is 9.39. The number of hydrogen-bond acceptors (Lipinski definition) is 3. The van der Waals surface area contributed by atoms with E-state index in [4.69, 9.17) is 58.6 Å². The fourth-order valence-corrected chi connectivity index (χ4v) is 5.01. The van der Waals surface area contributed by atoms with E-state index >= 15 is 0 Å². The number of nitrogens with one attached hydrogen (secondary N) is 2. The van der Waals surface area contributed by atoms with Gasteiger partial charge < -0.3 is 20.1 Å². The van der Waals surface area contributed by atoms with Crippen LogP contribution in [0.3, 0.4) is 0 Å². The molecular weight excluding hydrogens is 514 g/mol. The first-order valence-corrected chi connectivity index (χ1v) is 11.9. The predicted molar refractivity (Wildman–Crippen MR) is 132 cm³/mol. The van der Waals surface area contributed by atoms with E-state index in [0.29, 0.717) is 35.3 Å². The molecule has 11 heteroatoms. The van der Waals surface area contributed by atoms with Gasteiger partial charge in [-0.3, -0.25) is 9.59 Å². The maximum Gasteiger partial charge on any atom is 0.252 e. The van der Waals surface area contributed by atoms with Crippen molar-refractivity contribution in [1.29, 1.82) is 0 Å². The predicted octanol–water partition coefficient (Wildman–Crippen LogP) is 3.92. The zero-order valence-electron chi connectivity index (χ0n) is 16.7. The number of pyridine rings is 1. The van der Waals surface area contributed by atoms with Gasteiger partial charge in [0.05, 0.1) is 0 Å². The van der Waals surface area contributed by atoms with Crippen LogP contribution in [-0.4, -0.2) is 43.5 Å². The van der Waals surface area contributed by atoms with Gasteiger partial charge in [-0.1, -0.05) is 52.5 Å². The number of rotatable bonds is 3. The minimum Gasteiger partial charge on any atom is -0.348 e. The van der Waals surface area contributed by atoms with Crippen molar-refractivity contribution in [2.45, 2.75) is 28.8 Å². The van der Waals surface area contributed by atoms with Gasteiger partial charge in [-0.05, 0) is 54.9 Å². The molecule has 0 spiro atoms. The number of carbonyl (C=O) groups is 1. The van der Waals surface area contributed by atoms with Crippen molar-refractivity contribution in [3.05, 3.63) is 69.1 Å². The summed E-state index contributed by atoms with van der Waals surface area (Å²) in [5.41, 5.74) is 1.40. The highest BCUT2D eigenvalue weighted by Gasteiger charge is 2.39. The van der Waals surface area contributed by atoms with Gasteiger partial charge in [0.2, 0.25) is 3.79 Å². The van der Waals surface area contributed by atoms with Crippen LogP contribution in [0.2, 0.25) is 5.02 Å². The average Bonchev–Trinajstić information content (AvgIpc) is 2.73.